The molecule has 19 heavy (non-hydrogen) atoms. The van der Waals surface area contributed by atoms with E-state index in [0.717, 1.165) is 25.7 Å². The molecule has 1 unspecified atom stereocenters. The first-order valence-corrected chi connectivity index (χ1v) is 6.99. The molecule has 1 aliphatic carbocycles. The molecule has 0 spiro atoms. The van der Waals surface area contributed by atoms with Gasteiger partial charge in [-0.3, -0.25) is 0 Å². The van der Waals surface area contributed by atoms with Crippen LogP contribution in [0, 0.1) is 11.7 Å². The molecule has 1 aliphatic rings. The Morgan fingerprint density at radius 3 is 2.68 bits per heavy atom. The van der Waals surface area contributed by atoms with Gasteiger partial charge in [0.05, 0.1) is 0 Å². The summed E-state index contributed by atoms with van der Waals surface area (Å²) >= 11 is 0. The maximum absolute atomic E-state index is 13.2. The fourth-order valence-corrected chi connectivity index (χ4v) is 3.13. The molecular formula is C16H19FO2. The molecule has 3 heteroatoms. The second-order valence-corrected chi connectivity index (χ2v) is 5.78. The Morgan fingerprint density at radius 2 is 1.95 bits per heavy atom. The predicted octanol–water partition coefficient (Wildman–Crippen LogP) is 4.36. The summed E-state index contributed by atoms with van der Waals surface area (Å²) in [5, 5.41) is 11.5. The lowest BCUT2D eigenvalue weighted by Gasteiger charge is -2.33. The Labute approximate surface area is 112 Å². The van der Waals surface area contributed by atoms with Crippen LogP contribution in [0.3, 0.4) is 0 Å². The van der Waals surface area contributed by atoms with Gasteiger partial charge in [0.2, 0.25) is 0 Å². The van der Waals surface area contributed by atoms with Crippen LogP contribution in [0.1, 0.15) is 44.8 Å². The number of hydrogen-bond donors (Lipinski definition) is 1. The highest BCUT2D eigenvalue weighted by atomic mass is 19.1. The van der Waals surface area contributed by atoms with Crippen LogP contribution in [0.2, 0.25) is 0 Å². The first-order valence-electron chi connectivity index (χ1n) is 6.99. The van der Waals surface area contributed by atoms with E-state index in [9.17, 15) is 9.50 Å². The van der Waals surface area contributed by atoms with Gasteiger partial charge in [-0.25, -0.2) is 4.39 Å². The molecule has 102 valence electrons. The standard InChI is InChI=1S/C16H19FO2/c1-16(18,12-5-3-2-4-6-12)15-10-11-9-13(17)7-8-14(11)19-15/h7-10,12,18H,2-6H2,1H3. The Hall–Kier alpha value is -1.35. The van der Waals surface area contributed by atoms with E-state index < -0.39 is 5.60 Å². The monoisotopic (exact) mass is 262 g/mol. The van der Waals surface area contributed by atoms with Crippen LogP contribution < -0.4 is 0 Å². The van der Waals surface area contributed by atoms with Crippen LogP contribution in [0.25, 0.3) is 11.0 Å². The van der Waals surface area contributed by atoms with E-state index in [1.54, 1.807) is 12.1 Å². The third-order valence-corrected chi connectivity index (χ3v) is 4.38. The largest absolute Gasteiger partial charge is 0.458 e. The molecule has 0 amide bonds. The minimum atomic E-state index is -0.962. The van der Waals surface area contributed by atoms with Crippen molar-refractivity contribution in [3.05, 3.63) is 35.8 Å². The van der Waals surface area contributed by atoms with Gasteiger partial charge in [-0.2, -0.15) is 0 Å². The minimum Gasteiger partial charge on any atom is -0.458 e. The summed E-state index contributed by atoms with van der Waals surface area (Å²) in [7, 11) is 0. The zero-order valence-corrected chi connectivity index (χ0v) is 11.2. The molecule has 1 saturated carbocycles. The second-order valence-electron chi connectivity index (χ2n) is 5.78. The average Bonchev–Trinajstić information content (AvgIpc) is 2.83. The van der Waals surface area contributed by atoms with Gasteiger partial charge >= 0.3 is 0 Å². The molecule has 1 N–H and O–H groups in total. The summed E-state index contributed by atoms with van der Waals surface area (Å²) in [6.45, 7) is 1.82. The summed E-state index contributed by atoms with van der Waals surface area (Å²) in [6.07, 6.45) is 5.63. The SMILES string of the molecule is CC(O)(c1cc2cc(F)ccc2o1)C1CCCCC1. The number of aliphatic hydroxyl groups is 1. The lowest BCUT2D eigenvalue weighted by molar-refractivity contribution is -0.0378. The number of hydrogen-bond acceptors (Lipinski definition) is 2. The van der Waals surface area contributed by atoms with E-state index in [-0.39, 0.29) is 11.7 Å². The fraction of sp³-hybridized carbons (Fsp3) is 0.500. The Kier molecular flexibility index (Phi) is 3.09. The first kappa shape index (κ1) is 12.7. The lowest BCUT2D eigenvalue weighted by Crippen LogP contribution is -2.32. The summed E-state index contributed by atoms with van der Waals surface area (Å²) in [5.74, 6) is 0.504. The Morgan fingerprint density at radius 1 is 1.21 bits per heavy atom. The topological polar surface area (TPSA) is 33.4 Å². The highest BCUT2D eigenvalue weighted by Gasteiger charge is 2.37. The Balaban J connectivity index is 1.97. The maximum atomic E-state index is 13.2. The van der Waals surface area contributed by atoms with E-state index >= 15 is 0 Å². The van der Waals surface area contributed by atoms with Crippen molar-refractivity contribution >= 4 is 11.0 Å². The molecule has 0 radical (unpaired) electrons. The normalized spacial score (nSPS) is 20.6. The van der Waals surface area contributed by atoms with Crippen LogP contribution in [-0.4, -0.2) is 5.11 Å². The highest BCUT2D eigenvalue weighted by Crippen LogP contribution is 2.40. The van der Waals surface area contributed by atoms with E-state index in [2.05, 4.69) is 0 Å². The van der Waals surface area contributed by atoms with Gasteiger partial charge in [0.1, 0.15) is 22.8 Å². The van der Waals surface area contributed by atoms with Gasteiger partial charge in [-0.1, -0.05) is 19.3 Å². The lowest BCUT2D eigenvalue weighted by atomic mass is 9.76. The van der Waals surface area contributed by atoms with Gasteiger partial charge in [-0.15, -0.1) is 0 Å². The quantitative estimate of drug-likeness (QED) is 0.872. The van der Waals surface area contributed by atoms with E-state index in [0.29, 0.717) is 16.7 Å². The summed E-state index contributed by atoms with van der Waals surface area (Å²) in [6, 6.07) is 6.21. The number of furan rings is 1. The van der Waals surface area contributed by atoms with Gasteiger partial charge in [0.15, 0.2) is 0 Å². The third-order valence-electron chi connectivity index (χ3n) is 4.38. The van der Waals surface area contributed by atoms with Crippen molar-refractivity contribution in [2.75, 3.05) is 0 Å². The summed E-state index contributed by atoms with van der Waals surface area (Å²) < 4.78 is 18.9. The van der Waals surface area contributed by atoms with Gasteiger partial charge in [-0.05, 0) is 49.9 Å². The molecular weight excluding hydrogens is 243 g/mol. The molecule has 0 bridgehead atoms. The van der Waals surface area contributed by atoms with Crippen LogP contribution in [0.4, 0.5) is 4.39 Å². The molecule has 1 atom stereocenters. The zero-order chi connectivity index (χ0) is 13.5. The second kappa shape index (κ2) is 4.64. The molecule has 3 rings (SSSR count). The van der Waals surface area contributed by atoms with Crippen LogP contribution in [0.5, 0.6) is 0 Å². The van der Waals surface area contributed by atoms with Crippen molar-refractivity contribution in [1.82, 2.24) is 0 Å². The van der Waals surface area contributed by atoms with Gasteiger partial charge < -0.3 is 9.52 Å². The van der Waals surface area contributed by atoms with Crippen molar-refractivity contribution in [3.8, 4) is 0 Å². The molecule has 0 aliphatic heterocycles. The molecule has 0 saturated heterocycles. The van der Waals surface area contributed by atoms with Crippen molar-refractivity contribution in [2.24, 2.45) is 5.92 Å². The third kappa shape index (κ3) is 2.27. The number of rotatable bonds is 2. The Bertz CT molecular complexity index is 579. The number of halogens is 1. The predicted molar refractivity (Wildman–Crippen MR) is 72.3 cm³/mol. The van der Waals surface area contributed by atoms with Crippen LogP contribution in [-0.2, 0) is 5.60 Å². The summed E-state index contributed by atoms with van der Waals surface area (Å²) in [5.41, 5.74) is -0.330. The molecule has 1 heterocycles. The zero-order valence-electron chi connectivity index (χ0n) is 11.2. The van der Waals surface area contributed by atoms with Crippen LogP contribution in [0.15, 0.2) is 28.7 Å². The molecule has 1 aromatic heterocycles. The molecule has 2 aromatic rings. The van der Waals surface area contributed by atoms with E-state index in [4.69, 9.17) is 4.42 Å². The smallest absolute Gasteiger partial charge is 0.136 e. The molecule has 1 fully saturated rings. The molecule has 1 aromatic carbocycles. The van der Waals surface area contributed by atoms with Gasteiger partial charge in [0, 0.05) is 5.39 Å². The van der Waals surface area contributed by atoms with Crippen molar-refractivity contribution in [3.63, 3.8) is 0 Å². The molecule has 2 nitrogen and oxygen atoms in total. The summed E-state index contributed by atoms with van der Waals surface area (Å²) in [4.78, 5) is 0. The number of fused-ring (bicyclic) bond motifs is 1. The minimum absolute atomic E-state index is 0.228. The van der Waals surface area contributed by atoms with Gasteiger partial charge in [0.25, 0.3) is 0 Å². The van der Waals surface area contributed by atoms with Crippen LogP contribution >= 0.6 is 0 Å². The number of benzene rings is 1. The van der Waals surface area contributed by atoms with Crippen molar-refractivity contribution < 1.29 is 13.9 Å². The van der Waals surface area contributed by atoms with E-state index in [1.165, 1.54) is 18.6 Å². The average molecular weight is 262 g/mol. The highest BCUT2D eigenvalue weighted by molar-refractivity contribution is 5.78. The fourth-order valence-electron chi connectivity index (χ4n) is 3.13. The van der Waals surface area contributed by atoms with E-state index in [1.807, 2.05) is 6.92 Å². The maximum Gasteiger partial charge on any atom is 0.136 e. The van der Waals surface area contributed by atoms with Crippen molar-refractivity contribution in [1.29, 1.82) is 0 Å². The van der Waals surface area contributed by atoms with Crippen molar-refractivity contribution in [2.45, 2.75) is 44.6 Å². The first-order chi connectivity index (χ1) is 9.07.